The molecule has 1 atom stereocenters. The Balaban J connectivity index is 1.38. The van der Waals surface area contributed by atoms with Gasteiger partial charge in [-0.3, -0.25) is 10.3 Å². The van der Waals surface area contributed by atoms with Crippen molar-refractivity contribution in [3.8, 4) is 17.0 Å². The summed E-state index contributed by atoms with van der Waals surface area (Å²) >= 11 is 0. The average Bonchev–Trinajstić information content (AvgIpc) is 2.85. The lowest BCUT2D eigenvalue weighted by Crippen LogP contribution is -2.36. The van der Waals surface area contributed by atoms with E-state index in [0.29, 0.717) is 29.3 Å². The second kappa shape index (κ2) is 11.2. The van der Waals surface area contributed by atoms with Crippen LogP contribution in [-0.4, -0.2) is 33.6 Å². The Morgan fingerprint density at radius 3 is 2.62 bits per heavy atom. The maximum absolute atomic E-state index is 12.5. The molecule has 2 aromatic heterocycles. The SMILES string of the molecule is CCOc1ccccc1-c1cnc2ccc(NC(=O)N[C@H](C)CCCc3ccccc3)nc2n1. The first kappa shape index (κ1) is 23.2. The van der Waals surface area contributed by atoms with Crippen LogP contribution in [0.5, 0.6) is 5.75 Å². The Morgan fingerprint density at radius 1 is 1.00 bits per heavy atom. The summed E-state index contributed by atoms with van der Waals surface area (Å²) in [5.41, 5.74) is 3.93. The minimum atomic E-state index is -0.287. The van der Waals surface area contributed by atoms with E-state index in [1.807, 2.05) is 56.3 Å². The van der Waals surface area contributed by atoms with Gasteiger partial charge in [-0.05, 0) is 62.9 Å². The molecule has 0 aliphatic carbocycles. The molecule has 174 valence electrons. The van der Waals surface area contributed by atoms with E-state index in [4.69, 9.17) is 4.74 Å². The van der Waals surface area contributed by atoms with Crippen LogP contribution in [-0.2, 0) is 6.42 Å². The Hall–Kier alpha value is -4.00. The van der Waals surface area contributed by atoms with Gasteiger partial charge in [-0.25, -0.2) is 14.8 Å². The predicted molar refractivity (Wildman–Crippen MR) is 135 cm³/mol. The number of amides is 2. The van der Waals surface area contributed by atoms with Crippen LogP contribution in [0.2, 0.25) is 0 Å². The Kier molecular flexibility index (Phi) is 7.65. The van der Waals surface area contributed by atoms with Crippen LogP contribution >= 0.6 is 0 Å². The molecule has 34 heavy (non-hydrogen) atoms. The normalized spacial score (nSPS) is 11.7. The molecule has 0 aliphatic heterocycles. The maximum atomic E-state index is 12.5. The molecule has 0 spiro atoms. The van der Waals surface area contributed by atoms with Gasteiger partial charge in [-0.15, -0.1) is 0 Å². The van der Waals surface area contributed by atoms with E-state index in [9.17, 15) is 4.79 Å². The van der Waals surface area contributed by atoms with Crippen molar-refractivity contribution in [1.82, 2.24) is 20.3 Å². The van der Waals surface area contributed by atoms with Crippen LogP contribution in [0.3, 0.4) is 0 Å². The molecule has 0 unspecified atom stereocenters. The third-order valence-electron chi connectivity index (χ3n) is 5.43. The molecule has 7 nitrogen and oxygen atoms in total. The van der Waals surface area contributed by atoms with Gasteiger partial charge in [0.25, 0.3) is 0 Å². The van der Waals surface area contributed by atoms with E-state index >= 15 is 0 Å². The second-order valence-corrected chi connectivity index (χ2v) is 8.10. The van der Waals surface area contributed by atoms with Gasteiger partial charge in [-0.1, -0.05) is 42.5 Å². The van der Waals surface area contributed by atoms with Crippen molar-refractivity contribution in [2.24, 2.45) is 0 Å². The van der Waals surface area contributed by atoms with Crippen molar-refractivity contribution in [2.45, 2.75) is 39.2 Å². The third kappa shape index (κ3) is 6.07. The van der Waals surface area contributed by atoms with Crippen LogP contribution < -0.4 is 15.4 Å². The summed E-state index contributed by atoms with van der Waals surface area (Å²) in [6, 6.07) is 21.3. The molecule has 0 fully saturated rings. The molecule has 0 saturated heterocycles. The second-order valence-electron chi connectivity index (χ2n) is 8.10. The number of pyridine rings is 1. The zero-order chi connectivity index (χ0) is 23.8. The Morgan fingerprint density at radius 2 is 1.79 bits per heavy atom. The number of anilines is 1. The number of aromatic nitrogens is 3. The first-order chi connectivity index (χ1) is 16.6. The van der Waals surface area contributed by atoms with Crippen LogP contribution in [0, 0.1) is 0 Å². The summed E-state index contributed by atoms with van der Waals surface area (Å²) in [7, 11) is 0. The van der Waals surface area contributed by atoms with Crippen molar-refractivity contribution in [1.29, 1.82) is 0 Å². The molecule has 4 rings (SSSR count). The summed E-state index contributed by atoms with van der Waals surface area (Å²) in [6.45, 7) is 4.51. The van der Waals surface area contributed by atoms with Crippen LogP contribution in [0.15, 0.2) is 72.9 Å². The summed E-state index contributed by atoms with van der Waals surface area (Å²) in [5, 5.41) is 5.79. The number of urea groups is 1. The number of fused-ring (bicyclic) bond motifs is 1. The molecule has 4 aromatic rings. The van der Waals surface area contributed by atoms with Crippen molar-refractivity contribution < 1.29 is 9.53 Å². The minimum Gasteiger partial charge on any atom is -0.493 e. The lowest BCUT2D eigenvalue weighted by atomic mass is 10.1. The van der Waals surface area contributed by atoms with E-state index < -0.39 is 0 Å². The van der Waals surface area contributed by atoms with Gasteiger partial charge in [0, 0.05) is 11.6 Å². The fourth-order valence-electron chi connectivity index (χ4n) is 3.76. The van der Waals surface area contributed by atoms with Crippen molar-refractivity contribution in [3.05, 3.63) is 78.5 Å². The molecule has 7 heteroatoms. The van der Waals surface area contributed by atoms with Crippen LogP contribution in [0.1, 0.15) is 32.3 Å². The molecule has 2 heterocycles. The molecule has 0 saturated carbocycles. The Labute approximate surface area is 199 Å². The summed E-state index contributed by atoms with van der Waals surface area (Å²) < 4.78 is 5.72. The Bertz CT molecular complexity index is 1250. The lowest BCUT2D eigenvalue weighted by Gasteiger charge is -2.14. The molecule has 0 bridgehead atoms. The highest BCUT2D eigenvalue weighted by Gasteiger charge is 2.12. The number of aryl methyl sites for hydroxylation is 1. The van der Waals surface area contributed by atoms with Crippen LogP contribution in [0.4, 0.5) is 10.6 Å². The van der Waals surface area contributed by atoms with Gasteiger partial charge in [0.05, 0.1) is 18.5 Å². The van der Waals surface area contributed by atoms with Gasteiger partial charge in [0.15, 0.2) is 5.65 Å². The zero-order valence-corrected chi connectivity index (χ0v) is 19.5. The maximum Gasteiger partial charge on any atom is 0.320 e. The number of hydrogen-bond acceptors (Lipinski definition) is 5. The lowest BCUT2D eigenvalue weighted by molar-refractivity contribution is 0.248. The highest BCUT2D eigenvalue weighted by Crippen LogP contribution is 2.28. The number of para-hydroxylation sites is 1. The van der Waals surface area contributed by atoms with Gasteiger partial charge in [0.1, 0.15) is 17.1 Å². The summed E-state index contributed by atoms with van der Waals surface area (Å²) in [6.07, 6.45) is 4.59. The van der Waals surface area contributed by atoms with E-state index in [2.05, 4.69) is 37.7 Å². The fraction of sp³-hybridized carbons (Fsp3) is 0.259. The summed E-state index contributed by atoms with van der Waals surface area (Å²) in [4.78, 5) is 26.1. The molecular weight excluding hydrogens is 426 g/mol. The minimum absolute atomic E-state index is 0.0469. The number of ether oxygens (including phenoxy) is 1. The monoisotopic (exact) mass is 455 g/mol. The number of carbonyl (C=O) groups excluding carboxylic acids is 1. The van der Waals surface area contributed by atoms with Gasteiger partial charge < -0.3 is 10.1 Å². The van der Waals surface area contributed by atoms with Crippen molar-refractivity contribution >= 4 is 23.0 Å². The van der Waals surface area contributed by atoms with Gasteiger partial charge >= 0.3 is 6.03 Å². The largest absolute Gasteiger partial charge is 0.493 e. The van der Waals surface area contributed by atoms with E-state index in [0.717, 1.165) is 30.6 Å². The highest BCUT2D eigenvalue weighted by molar-refractivity contribution is 5.89. The zero-order valence-electron chi connectivity index (χ0n) is 19.5. The van der Waals surface area contributed by atoms with Crippen molar-refractivity contribution in [3.63, 3.8) is 0 Å². The fourth-order valence-corrected chi connectivity index (χ4v) is 3.76. The third-order valence-corrected chi connectivity index (χ3v) is 5.43. The smallest absolute Gasteiger partial charge is 0.320 e. The quantitative estimate of drug-likeness (QED) is 0.342. The number of carbonyl (C=O) groups is 1. The molecular formula is C27H29N5O2. The first-order valence-corrected chi connectivity index (χ1v) is 11.6. The van der Waals surface area contributed by atoms with Crippen LogP contribution in [0.25, 0.3) is 22.4 Å². The van der Waals surface area contributed by atoms with E-state index in [1.54, 1.807) is 18.3 Å². The number of hydrogen-bond donors (Lipinski definition) is 2. The highest BCUT2D eigenvalue weighted by atomic mass is 16.5. The number of nitrogens with one attached hydrogen (secondary N) is 2. The average molecular weight is 456 g/mol. The van der Waals surface area contributed by atoms with Gasteiger partial charge in [0.2, 0.25) is 0 Å². The van der Waals surface area contributed by atoms with Gasteiger partial charge in [-0.2, -0.15) is 0 Å². The number of rotatable bonds is 9. The first-order valence-electron chi connectivity index (χ1n) is 11.6. The number of nitrogens with zero attached hydrogens (tertiary/aromatic N) is 3. The number of benzene rings is 2. The molecule has 2 N–H and O–H groups in total. The molecule has 2 amide bonds. The molecule has 2 aromatic carbocycles. The molecule has 0 radical (unpaired) electrons. The van der Waals surface area contributed by atoms with Crippen molar-refractivity contribution in [2.75, 3.05) is 11.9 Å². The van der Waals surface area contributed by atoms with E-state index in [-0.39, 0.29) is 12.1 Å². The standard InChI is InChI=1S/C27H29N5O2/c1-3-34-24-15-8-7-14-21(24)23-18-28-22-16-17-25(31-26(22)30-23)32-27(33)29-19(2)10-9-13-20-11-5-4-6-12-20/h4-8,11-12,14-19H,3,9-10,13H2,1-2H3,(H2,29,30,31,32,33)/t19-/m1/s1. The van der Waals surface area contributed by atoms with E-state index in [1.165, 1.54) is 5.56 Å². The molecule has 0 aliphatic rings. The predicted octanol–water partition coefficient (Wildman–Crippen LogP) is 5.62. The topological polar surface area (TPSA) is 89.0 Å². The summed E-state index contributed by atoms with van der Waals surface area (Å²) in [5.74, 6) is 1.17.